The van der Waals surface area contributed by atoms with Gasteiger partial charge in [-0.25, -0.2) is 0 Å². The first-order valence-electron chi connectivity index (χ1n) is 29.7. The Bertz CT molecular complexity index is 1020. The van der Waals surface area contributed by atoms with Crippen LogP contribution in [0.2, 0.25) is 0 Å². The van der Waals surface area contributed by atoms with Gasteiger partial charge in [0.1, 0.15) is 13.2 Å². The molecule has 0 heterocycles. The molecule has 0 saturated carbocycles. The first-order chi connectivity index (χ1) is 32.5. The minimum Gasteiger partial charge on any atom is -0.462 e. The molecule has 1 atom stereocenters. The number of allylic oxidation sites excluding steroid dienone is 2. The second-order valence-corrected chi connectivity index (χ2v) is 20.3. The Balaban J connectivity index is 4.14. The smallest absolute Gasteiger partial charge is 0.306 e. The molecule has 0 aliphatic heterocycles. The monoisotopic (exact) mass is 931 g/mol. The van der Waals surface area contributed by atoms with Crippen molar-refractivity contribution in [2.45, 2.75) is 341 Å². The second kappa shape index (κ2) is 55.7. The molecule has 0 aromatic heterocycles. The van der Waals surface area contributed by atoms with Crippen molar-refractivity contribution >= 4 is 17.9 Å². The summed E-state index contributed by atoms with van der Waals surface area (Å²) in [4.78, 5) is 38.0. The fourth-order valence-electron chi connectivity index (χ4n) is 9.03. The fourth-order valence-corrected chi connectivity index (χ4v) is 9.03. The number of esters is 3. The SMILES string of the molecule is CCCCCCCCCC/C=C\CCCCCCCCCCCCCCCC(=O)OCC(COC(=O)CCCCCCCCCCCCC)OC(=O)CCCCCCCCCCCCCC. The molecule has 0 saturated heterocycles. The summed E-state index contributed by atoms with van der Waals surface area (Å²) in [5, 5.41) is 0. The highest BCUT2D eigenvalue weighted by molar-refractivity contribution is 5.71. The summed E-state index contributed by atoms with van der Waals surface area (Å²) in [5.41, 5.74) is 0. The average Bonchev–Trinajstić information content (AvgIpc) is 3.31. The Labute approximate surface area is 411 Å². The van der Waals surface area contributed by atoms with Crippen LogP contribution in [0.4, 0.5) is 0 Å². The zero-order valence-electron chi connectivity index (χ0n) is 44.7. The number of carbonyl (C=O) groups excluding carboxylic acids is 3. The third-order valence-corrected chi connectivity index (χ3v) is 13.5. The van der Waals surface area contributed by atoms with E-state index >= 15 is 0 Å². The number of unbranched alkanes of at least 4 members (excludes halogenated alkanes) is 42. The van der Waals surface area contributed by atoms with Crippen LogP contribution in [0.3, 0.4) is 0 Å². The van der Waals surface area contributed by atoms with Crippen molar-refractivity contribution in [3.05, 3.63) is 12.2 Å². The van der Waals surface area contributed by atoms with E-state index in [9.17, 15) is 14.4 Å². The third-order valence-electron chi connectivity index (χ3n) is 13.5. The molecule has 0 spiro atoms. The molecule has 6 nitrogen and oxygen atoms in total. The standard InChI is InChI=1S/C60H114O6/c1-4-7-10-13-16-19-22-24-25-26-27-28-29-30-31-32-33-34-35-36-39-41-44-47-50-53-59(62)65-56-57(55-64-58(61)52-49-46-43-40-37-21-18-15-12-9-6-3)66-60(63)54-51-48-45-42-38-23-20-17-14-11-8-5-2/h26-27,57H,4-25,28-56H2,1-3H3/b27-26-. The maximum absolute atomic E-state index is 12.8. The number of ether oxygens (including phenoxy) is 3. The molecule has 0 aliphatic rings. The van der Waals surface area contributed by atoms with E-state index in [4.69, 9.17) is 14.2 Å². The van der Waals surface area contributed by atoms with E-state index in [2.05, 4.69) is 32.9 Å². The summed E-state index contributed by atoms with van der Waals surface area (Å²) in [6, 6.07) is 0. The van der Waals surface area contributed by atoms with Gasteiger partial charge in [0.2, 0.25) is 0 Å². The Morgan fingerprint density at radius 3 is 0.758 bits per heavy atom. The Morgan fingerprint density at radius 2 is 0.500 bits per heavy atom. The van der Waals surface area contributed by atoms with Crippen molar-refractivity contribution in [1.82, 2.24) is 0 Å². The van der Waals surface area contributed by atoms with Crippen molar-refractivity contribution < 1.29 is 28.6 Å². The van der Waals surface area contributed by atoms with Gasteiger partial charge in [0.15, 0.2) is 6.10 Å². The molecule has 0 amide bonds. The van der Waals surface area contributed by atoms with E-state index < -0.39 is 6.10 Å². The summed E-state index contributed by atoms with van der Waals surface area (Å²) in [5.74, 6) is -0.842. The van der Waals surface area contributed by atoms with Crippen molar-refractivity contribution in [1.29, 1.82) is 0 Å². The van der Waals surface area contributed by atoms with Gasteiger partial charge in [-0.05, 0) is 44.9 Å². The van der Waals surface area contributed by atoms with E-state index in [0.717, 1.165) is 57.8 Å². The van der Waals surface area contributed by atoms with Crippen LogP contribution in [0.1, 0.15) is 335 Å². The average molecular weight is 932 g/mol. The molecule has 1 unspecified atom stereocenters. The van der Waals surface area contributed by atoms with E-state index in [-0.39, 0.29) is 31.1 Å². The van der Waals surface area contributed by atoms with Gasteiger partial charge in [-0.2, -0.15) is 0 Å². The lowest BCUT2D eigenvalue weighted by molar-refractivity contribution is -0.167. The zero-order chi connectivity index (χ0) is 47.9. The molecule has 0 aromatic rings. The summed E-state index contributed by atoms with van der Waals surface area (Å²) >= 11 is 0. The van der Waals surface area contributed by atoms with Crippen LogP contribution in [0.5, 0.6) is 0 Å². The number of carbonyl (C=O) groups is 3. The van der Waals surface area contributed by atoms with Gasteiger partial charge in [-0.1, -0.05) is 283 Å². The van der Waals surface area contributed by atoms with E-state index in [1.807, 2.05) is 0 Å². The molecule has 66 heavy (non-hydrogen) atoms. The normalized spacial score (nSPS) is 12.0. The summed E-state index contributed by atoms with van der Waals surface area (Å²) in [7, 11) is 0. The van der Waals surface area contributed by atoms with Crippen LogP contribution in [-0.2, 0) is 28.6 Å². The van der Waals surface area contributed by atoms with Gasteiger partial charge in [0.25, 0.3) is 0 Å². The predicted molar refractivity (Wildman–Crippen MR) is 284 cm³/mol. The second-order valence-electron chi connectivity index (χ2n) is 20.3. The van der Waals surface area contributed by atoms with Gasteiger partial charge >= 0.3 is 17.9 Å². The quantitative estimate of drug-likeness (QED) is 0.0262. The van der Waals surface area contributed by atoms with Crippen LogP contribution in [0.15, 0.2) is 12.2 Å². The van der Waals surface area contributed by atoms with Crippen molar-refractivity contribution in [3.8, 4) is 0 Å². The van der Waals surface area contributed by atoms with Crippen LogP contribution < -0.4 is 0 Å². The summed E-state index contributed by atoms with van der Waals surface area (Å²) < 4.78 is 16.9. The molecule has 0 bridgehead atoms. The number of rotatable bonds is 55. The van der Waals surface area contributed by atoms with E-state index in [0.29, 0.717) is 19.3 Å². The Kier molecular flexibility index (Phi) is 54.2. The molecule has 0 N–H and O–H groups in total. The highest BCUT2D eigenvalue weighted by Gasteiger charge is 2.19. The first kappa shape index (κ1) is 64.2. The van der Waals surface area contributed by atoms with Gasteiger partial charge < -0.3 is 14.2 Å². The maximum atomic E-state index is 12.8. The molecule has 6 heteroatoms. The zero-order valence-corrected chi connectivity index (χ0v) is 44.7. The molecule has 390 valence electrons. The number of hydrogen-bond donors (Lipinski definition) is 0. The highest BCUT2D eigenvalue weighted by atomic mass is 16.6. The van der Waals surface area contributed by atoms with Crippen LogP contribution in [-0.4, -0.2) is 37.2 Å². The Morgan fingerprint density at radius 1 is 0.288 bits per heavy atom. The molecule has 0 aromatic carbocycles. The molecule has 0 aliphatic carbocycles. The third kappa shape index (κ3) is 53.1. The Hall–Kier alpha value is -1.85. The van der Waals surface area contributed by atoms with Gasteiger partial charge in [0.05, 0.1) is 0 Å². The lowest BCUT2D eigenvalue weighted by Crippen LogP contribution is -2.30. The molecule has 0 radical (unpaired) electrons. The maximum Gasteiger partial charge on any atom is 0.306 e. The predicted octanol–water partition coefficient (Wildman–Crippen LogP) is 19.7. The van der Waals surface area contributed by atoms with Crippen LogP contribution in [0.25, 0.3) is 0 Å². The number of hydrogen-bond acceptors (Lipinski definition) is 6. The van der Waals surface area contributed by atoms with Gasteiger partial charge in [-0.3, -0.25) is 14.4 Å². The van der Waals surface area contributed by atoms with Crippen molar-refractivity contribution in [2.75, 3.05) is 13.2 Å². The first-order valence-corrected chi connectivity index (χ1v) is 29.7. The highest BCUT2D eigenvalue weighted by Crippen LogP contribution is 2.17. The minimum atomic E-state index is -0.762. The van der Waals surface area contributed by atoms with E-state index in [1.54, 1.807) is 0 Å². The van der Waals surface area contributed by atoms with Crippen molar-refractivity contribution in [3.63, 3.8) is 0 Å². The van der Waals surface area contributed by atoms with Gasteiger partial charge in [0, 0.05) is 19.3 Å². The molecule has 0 fully saturated rings. The molecule has 0 rings (SSSR count). The molecular weight excluding hydrogens is 817 g/mol. The fraction of sp³-hybridized carbons (Fsp3) is 0.917. The lowest BCUT2D eigenvalue weighted by Gasteiger charge is -2.18. The van der Waals surface area contributed by atoms with Gasteiger partial charge in [-0.15, -0.1) is 0 Å². The summed E-state index contributed by atoms with van der Waals surface area (Å²) in [6.07, 6.45) is 63.6. The largest absolute Gasteiger partial charge is 0.462 e. The molecular formula is C60H114O6. The van der Waals surface area contributed by atoms with E-state index in [1.165, 1.54) is 238 Å². The van der Waals surface area contributed by atoms with Crippen molar-refractivity contribution in [2.24, 2.45) is 0 Å². The summed E-state index contributed by atoms with van der Waals surface area (Å²) in [6.45, 7) is 6.68. The lowest BCUT2D eigenvalue weighted by atomic mass is 10.0. The topological polar surface area (TPSA) is 78.9 Å². The minimum absolute atomic E-state index is 0.0638. The van der Waals surface area contributed by atoms with Crippen LogP contribution >= 0.6 is 0 Å². The van der Waals surface area contributed by atoms with Crippen LogP contribution in [0, 0.1) is 0 Å².